The topological polar surface area (TPSA) is 95.9 Å². The lowest BCUT2D eigenvalue weighted by Crippen LogP contribution is -2.45. The number of unbranched alkanes of at least 4 members (excludes halogenated alkanes) is 42. The van der Waals surface area contributed by atoms with E-state index in [1.807, 2.05) is 0 Å². The summed E-state index contributed by atoms with van der Waals surface area (Å²) in [6.07, 6.45) is 64.8. The smallest absolute Gasteiger partial charge is 0.305 e. The highest BCUT2D eigenvalue weighted by atomic mass is 16.5. The molecule has 0 heterocycles. The van der Waals surface area contributed by atoms with Crippen molar-refractivity contribution in [3.8, 4) is 0 Å². The lowest BCUT2D eigenvalue weighted by molar-refractivity contribution is -0.143. The van der Waals surface area contributed by atoms with E-state index < -0.39 is 12.1 Å². The molecule has 0 aromatic rings. The van der Waals surface area contributed by atoms with Gasteiger partial charge < -0.3 is 20.3 Å². The van der Waals surface area contributed by atoms with Crippen LogP contribution in [0.4, 0.5) is 0 Å². The molecule has 0 radical (unpaired) electrons. The maximum atomic E-state index is 12.5. The lowest BCUT2D eigenvalue weighted by Gasteiger charge is -2.22. The average Bonchev–Trinajstić information content (AvgIpc) is 3.31. The van der Waals surface area contributed by atoms with Gasteiger partial charge in [-0.3, -0.25) is 9.59 Å². The molecule has 0 rings (SSSR count). The first kappa shape index (κ1) is 63.6. The number of aliphatic hydroxyl groups excluding tert-OH is 2. The van der Waals surface area contributed by atoms with Crippen LogP contribution >= 0.6 is 0 Å². The fraction of sp³-hybridized carbons (Fsp3) is 0.932. The van der Waals surface area contributed by atoms with E-state index in [-0.39, 0.29) is 18.5 Å². The van der Waals surface area contributed by atoms with E-state index >= 15 is 0 Å². The Labute approximate surface area is 406 Å². The summed E-state index contributed by atoms with van der Waals surface area (Å²) in [5.74, 6) is -0.0430. The van der Waals surface area contributed by atoms with Crippen molar-refractivity contribution in [3.63, 3.8) is 0 Å². The number of carbonyl (C=O) groups is 2. The van der Waals surface area contributed by atoms with Crippen molar-refractivity contribution >= 4 is 11.9 Å². The molecule has 3 N–H and O–H groups in total. The highest BCUT2D eigenvalue weighted by molar-refractivity contribution is 5.76. The van der Waals surface area contributed by atoms with Crippen LogP contribution in [0.5, 0.6) is 0 Å². The van der Waals surface area contributed by atoms with Crippen LogP contribution in [-0.4, -0.2) is 47.4 Å². The van der Waals surface area contributed by atoms with Gasteiger partial charge in [0.2, 0.25) is 5.91 Å². The molecule has 386 valence electrons. The Bertz CT molecular complexity index is 970. The second-order valence-electron chi connectivity index (χ2n) is 20.3. The van der Waals surface area contributed by atoms with E-state index in [9.17, 15) is 19.8 Å². The highest BCUT2D eigenvalue weighted by Gasteiger charge is 2.20. The van der Waals surface area contributed by atoms with Crippen molar-refractivity contribution in [3.05, 3.63) is 12.2 Å². The highest BCUT2D eigenvalue weighted by Crippen LogP contribution is 2.17. The monoisotopic (exact) mass is 918 g/mol. The van der Waals surface area contributed by atoms with E-state index in [2.05, 4.69) is 31.3 Å². The zero-order chi connectivity index (χ0) is 47.2. The van der Waals surface area contributed by atoms with Gasteiger partial charge in [0.15, 0.2) is 0 Å². The van der Waals surface area contributed by atoms with Gasteiger partial charge in [-0.05, 0) is 51.4 Å². The van der Waals surface area contributed by atoms with E-state index in [1.165, 1.54) is 250 Å². The summed E-state index contributed by atoms with van der Waals surface area (Å²) in [6.45, 7) is 4.95. The zero-order valence-corrected chi connectivity index (χ0v) is 44.0. The van der Waals surface area contributed by atoms with Crippen LogP contribution in [0.25, 0.3) is 0 Å². The molecule has 0 aliphatic rings. The van der Waals surface area contributed by atoms with Crippen LogP contribution in [0.1, 0.15) is 328 Å². The van der Waals surface area contributed by atoms with Gasteiger partial charge in [0, 0.05) is 12.8 Å². The molecular weight excluding hydrogens is 803 g/mol. The number of hydrogen-bond acceptors (Lipinski definition) is 5. The molecule has 0 aliphatic carbocycles. The van der Waals surface area contributed by atoms with Crippen LogP contribution in [0, 0.1) is 0 Å². The molecule has 0 aromatic heterocycles. The minimum Gasteiger partial charge on any atom is -0.466 e. The molecule has 2 atom stereocenters. The number of amides is 1. The van der Waals surface area contributed by atoms with E-state index in [0.717, 1.165) is 44.9 Å². The van der Waals surface area contributed by atoms with Crippen molar-refractivity contribution in [1.82, 2.24) is 5.32 Å². The first-order valence-electron chi connectivity index (χ1n) is 29.4. The largest absolute Gasteiger partial charge is 0.466 e. The van der Waals surface area contributed by atoms with Crippen LogP contribution in [0.2, 0.25) is 0 Å². The lowest BCUT2D eigenvalue weighted by atomic mass is 10.0. The van der Waals surface area contributed by atoms with Crippen molar-refractivity contribution in [1.29, 1.82) is 0 Å². The zero-order valence-electron chi connectivity index (χ0n) is 44.0. The van der Waals surface area contributed by atoms with Crippen molar-refractivity contribution < 1.29 is 24.5 Å². The van der Waals surface area contributed by atoms with Gasteiger partial charge in [-0.25, -0.2) is 0 Å². The molecule has 6 nitrogen and oxygen atoms in total. The van der Waals surface area contributed by atoms with E-state index in [1.54, 1.807) is 0 Å². The number of aliphatic hydroxyl groups is 2. The van der Waals surface area contributed by atoms with Gasteiger partial charge in [0.1, 0.15) is 0 Å². The Hall–Kier alpha value is -1.40. The molecule has 0 spiro atoms. The summed E-state index contributed by atoms with van der Waals surface area (Å²) in [7, 11) is 0. The summed E-state index contributed by atoms with van der Waals surface area (Å²) in [6, 6.07) is -0.547. The Morgan fingerprint density at radius 2 is 0.723 bits per heavy atom. The molecule has 6 heteroatoms. The molecule has 0 saturated heterocycles. The number of nitrogens with one attached hydrogen (secondary N) is 1. The molecule has 1 amide bonds. The van der Waals surface area contributed by atoms with Crippen LogP contribution in [-0.2, 0) is 14.3 Å². The fourth-order valence-electron chi connectivity index (χ4n) is 9.28. The fourth-order valence-corrected chi connectivity index (χ4v) is 9.28. The first-order valence-corrected chi connectivity index (χ1v) is 29.4. The molecule has 65 heavy (non-hydrogen) atoms. The normalized spacial score (nSPS) is 12.6. The summed E-state index contributed by atoms with van der Waals surface area (Å²) in [4.78, 5) is 24.6. The second-order valence-corrected chi connectivity index (χ2v) is 20.3. The van der Waals surface area contributed by atoms with Crippen LogP contribution in [0.3, 0.4) is 0 Å². The van der Waals surface area contributed by atoms with Gasteiger partial charge in [-0.15, -0.1) is 0 Å². The Morgan fingerprint density at radius 3 is 1.09 bits per heavy atom. The SMILES string of the molecule is CCCCCCCC/C=C\CCCCCCCCCC(=O)OCCCCCCCCCCCCCCCCCC(=O)NC(CO)C(O)CCCCCCCCCCCCCCCCCC. The summed E-state index contributed by atoms with van der Waals surface area (Å²) in [5.41, 5.74) is 0. The molecule has 0 fully saturated rings. The van der Waals surface area contributed by atoms with Crippen LogP contribution < -0.4 is 5.32 Å². The molecule has 0 bridgehead atoms. The maximum Gasteiger partial charge on any atom is 0.305 e. The molecular formula is C59H115NO5. The number of esters is 1. The Morgan fingerprint density at radius 1 is 0.415 bits per heavy atom. The third-order valence-corrected chi connectivity index (χ3v) is 13.8. The van der Waals surface area contributed by atoms with Crippen LogP contribution in [0.15, 0.2) is 12.2 Å². The molecule has 0 aromatic carbocycles. The minimum absolute atomic E-state index is 0.00183. The number of carbonyl (C=O) groups excluding carboxylic acids is 2. The van der Waals surface area contributed by atoms with Gasteiger partial charge >= 0.3 is 5.97 Å². The van der Waals surface area contributed by atoms with Crippen molar-refractivity contribution in [2.75, 3.05) is 13.2 Å². The number of hydrogen-bond donors (Lipinski definition) is 3. The summed E-state index contributed by atoms with van der Waals surface area (Å²) in [5, 5.41) is 23.3. The first-order chi connectivity index (χ1) is 32.0. The summed E-state index contributed by atoms with van der Waals surface area (Å²) < 4.78 is 5.48. The molecule has 0 aliphatic heterocycles. The number of rotatable bonds is 55. The van der Waals surface area contributed by atoms with Gasteiger partial charge in [0.25, 0.3) is 0 Å². The Kier molecular flexibility index (Phi) is 54.0. The predicted octanol–water partition coefficient (Wildman–Crippen LogP) is 18.1. The Balaban J connectivity index is 3.41. The third-order valence-electron chi connectivity index (χ3n) is 13.8. The van der Waals surface area contributed by atoms with Gasteiger partial charge in [0.05, 0.1) is 25.4 Å². The van der Waals surface area contributed by atoms with Gasteiger partial charge in [-0.1, -0.05) is 276 Å². The third kappa shape index (κ3) is 51.8. The standard InChI is InChI=1S/C59H115NO5/c1-3-5-7-9-11-13-15-17-19-21-25-29-33-37-41-45-49-53-59(64)65-54-50-46-42-38-34-30-26-22-24-28-32-36-40-44-48-52-58(63)60-56(55-61)57(62)51-47-43-39-35-31-27-23-20-18-16-14-12-10-8-6-4-2/h17,19,56-57,61-62H,3-16,18,20-55H2,1-2H3,(H,60,63)/b19-17-. The molecule has 2 unspecified atom stereocenters. The number of ether oxygens (including phenoxy) is 1. The van der Waals surface area contributed by atoms with Crippen molar-refractivity contribution in [2.24, 2.45) is 0 Å². The van der Waals surface area contributed by atoms with Gasteiger partial charge in [-0.2, -0.15) is 0 Å². The maximum absolute atomic E-state index is 12.5. The number of allylic oxidation sites excluding steroid dienone is 2. The van der Waals surface area contributed by atoms with Crippen molar-refractivity contribution in [2.45, 2.75) is 341 Å². The second kappa shape index (κ2) is 55.2. The quantitative estimate of drug-likeness (QED) is 0.0321. The van der Waals surface area contributed by atoms with E-state index in [0.29, 0.717) is 25.9 Å². The minimum atomic E-state index is -0.669. The summed E-state index contributed by atoms with van der Waals surface area (Å²) >= 11 is 0. The van der Waals surface area contributed by atoms with E-state index in [4.69, 9.17) is 4.74 Å². The molecule has 0 saturated carbocycles. The average molecular weight is 919 g/mol. The predicted molar refractivity (Wildman–Crippen MR) is 283 cm³/mol.